The molecule has 1 N–H and O–H groups in total. The van der Waals surface area contributed by atoms with Gasteiger partial charge in [0.2, 0.25) is 5.56 Å². The van der Waals surface area contributed by atoms with Gasteiger partial charge < -0.3 is 9.88 Å². The molecule has 2 unspecified atom stereocenters. The van der Waals surface area contributed by atoms with Crippen LogP contribution in [0, 0.1) is 5.92 Å². The highest BCUT2D eigenvalue weighted by molar-refractivity contribution is 5.93. The van der Waals surface area contributed by atoms with Crippen LogP contribution in [0.1, 0.15) is 42.6 Å². The van der Waals surface area contributed by atoms with E-state index in [2.05, 4.69) is 4.98 Å². The van der Waals surface area contributed by atoms with Gasteiger partial charge >= 0.3 is 0 Å². The summed E-state index contributed by atoms with van der Waals surface area (Å²) in [6.07, 6.45) is 4.28. The Morgan fingerprint density at radius 2 is 2.05 bits per heavy atom. The molecular weight excluding hydrogens is 256 g/mol. The van der Waals surface area contributed by atoms with Crippen molar-refractivity contribution in [2.75, 3.05) is 6.54 Å². The number of hydrogen-bond acceptors (Lipinski definition) is 3. The molecule has 1 aliphatic carbocycles. The largest absolute Gasteiger partial charge is 0.334 e. The highest BCUT2D eigenvalue weighted by atomic mass is 16.2. The van der Waals surface area contributed by atoms with Crippen LogP contribution in [0.25, 0.3) is 0 Å². The van der Waals surface area contributed by atoms with Crippen molar-refractivity contribution >= 4 is 11.7 Å². The minimum absolute atomic E-state index is 0.00289. The second-order valence-corrected chi connectivity index (χ2v) is 5.60. The molecule has 106 valence electrons. The highest BCUT2D eigenvalue weighted by Gasteiger charge is 2.40. The number of aromatic amines is 1. The van der Waals surface area contributed by atoms with E-state index in [1.165, 1.54) is 6.07 Å². The third-order valence-electron chi connectivity index (χ3n) is 4.38. The van der Waals surface area contributed by atoms with Crippen molar-refractivity contribution in [1.29, 1.82) is 0 Å². The summed E-state index contributed by atoms with van der Waals surface area (Å²) in [6.45, 7) is 0.671. The van der Waals surface area contributed by atoms with Crippen LogP contribution in [0.15, 0.2) is 23.0 Å². The SMILES string of the molecule is O=C1CCCC1C1CCCN1C(=O)c1cccc(=O)[nH]1. The Kier molecular flexibility index (Phi) is 3.42. The first-order valence-corrected chi connectivity index (χ1v) is 7.20. The number of likely N-dealkylation sites (tertiary alicyclic amines) is 1. The van der Waals surface area contributed by atoms with Crippen molar-refractivity contribution in [2.45, 2.75) is 38.1 Å². The Hall–Kier alpha value is -1.91. The van der Waals surface area contributed by atoms with E-state index < -0.39 is 0 Å². The third kappa shape index (κ3) is 2.28. The Bertz CT molecular complexity index is 593. The summed E-state index contributed by atoms with van der Waals surface area (Å²) in [4.78, 5) is 40.1. The van der Waals surface area contributed by atoms with Gasteiger partial charge in [-0.05, 0) is 31.7 Å². The number of rotatable bonds is 2. The molecule has 0 spiro atoms. The molecule has 0 radical (unpaired) electrons. The van der Waals surface area contributed by atoms with Crippen molar-refractivity contribution in [3.05, 3.63) is 34.2 Å². The smallest absolute Gasteiger partial charge is 0.270 e. The summed E-state index contributed by atoms with van der Waals surface area (Å²) in [5.74, 6) is 0.123. The number of amides is 1. The molecule has 5 heteroatoms. The third-order valence-corrected chi connectivity index (χ3v) is 4.38. The van der Waals surface area contributed by atoms with E-state index in [0.717, 1.165) is 25.7 Å². The average molecular weight is 274 g/mol. The molecule has 1 saturated carbocycles. The fourth-order valence-corrected chi connectivity index (χ4v) is 3.44. The van der Waals surface area contributed by atoms with Crippen LogP contribution in [-0.4, -0.2) is 34.2 Å². The molecule has 1 saturated heterocycles. The van der Waals surface area contributed by atoms with Gasteiger partial charge in [-0.2, -0.15) is 0 Å². The number of carbonyl (C=O) groups is 2. The highest BCUT2D eigenvalue weighted by Crippen LogP contribution is 2.33. The number of ketones is 1. The van der Waals surface area contributed by atoms with Crippen LogP contribution in [0.4, 0.5) is 0 Å². The van der Waals surface area contributed by atoms with E-state index in [1.807, 2.05) is 0 Å². The quantitative estimate of drug-likeness (QED) is 0.885. The second-order valence-electron chi connectivity index (χ2n) is 5.60. The fourth-order valence-electron chi connectivity index (χ4n) is 3.44. The lowest BCUT2D eigenvalue weighted by Gasteiger charge is -2.28. The maximum absolute atomic E-state index is 12.5. The fraction of sp³-hybridized carbons (Fsp3) is 0.533. The molecule has 1 aromatic rings. The van der Waals surface area contributed by atoms with Gasteiger partial charge in [0.1, 0.15) is 11.5 Å². The summed E-state index contributed by atoms with van der Waals surface area (Å²) in [5.41, 5.74) is 0.0402. The standard InChI is InChI=1S/C15H18N2O3/c18-13-7-1-4-10(13)12-6-3-9-17(12)15(20)11-5-2-8-14(19)16-11/h2,5,8,10,12H,1,3-4,6-7,9H2,(H,16,19). The molecule has 2 aliphatic rings. The molecule has 2 fully saturated rings. The van der Waals surface area contributed by atoms with E-state index in [0.29, 0.717) is 18.7 Å². The van der Waals surface area contributed by atoms with Gasteiger partial charge in [-0.3, -0.25) is 14.4 Å². The summed E-state index contributed by atoms with van der Waals surface area (Å²) < 4.78 is 0. The van der Waals surface area contributed by atoms with Gasteiger partial charge in [0.25, 0.3) is 5.91 Å². The van der Waals surface area contributed by atoms with Crippen LogP contribution < -0.4 is 5.56 Å². The molecule has 2 atom stereocenters. The predicted octanol–water partition coefficient (Wildman–Crippen LogP) is 1.35. The maximum atomic E-state index is 12.5. The normalized spacial score (nSPS) is 26.2. The lowest BCUT2D eigenvalue weighted by molar-refractivity contribution is -0.121. The molecule has 0 aromatic carbocycles. The van der Waals surface area contributed by atoms with Gasteiger partial charge in [0, 0.05) is 31.0 Å². The zero-order chi connectivity index (χ0) is 14.1. The molecule has 1 aromatic heterocycles. The van der Waals surface area contributed by atoms with E-state index in [4.69, 9.17) is 0 Å². The molecule has 1 aliphatic heterocycles. The van der Waals surface area contributed by atoms with Crippen LogP contribution in [0.3, 0.4) is 0 Å². The lowest BCUT2D eigenvalue weighted by Crippen LogP contribution is -2.42. The Morgan fingerprint density at radius 1 is 1.20 bits per heavy atom. The molecule has 0 bridgehead atoms. The first-order valence-electron chi connectivity index (χ1n) is 7.20. The number of nitrogens with one attached hydrogen (secondary N) is 1. The van der Waals surface area contributed by atoms with Crippen molar-refractivity contribution in [1.82, 2.24) is 9.88 Å². The molecular formula is C15H18N2O3. The first-order chi connectivity index (χ1) is 9.66. The number of hydrogen-bond donors (Lipinski definition) is 1. The number of pyridine rings is 1. The molecule has 20 heavy (non-hydrogen) atoms. The summed E-state index contributed by atoms with van der Waals surface area (Å²) in [7, 11) is 0. The Morgan fingerprint density at radius 3 is 2.75 bits per heavy atom. The van der Waals surface area contributed by atoms with E-state index in [-0.39, 0.29) is 29.2 Å². The average Bonchev–Trinajstić information content (AvgIpc) is 3.06. The predicted molar refractivity (Wildman–Crippen MR) is 73.5 cm³/mol. The van der Waals surface area contributed by atoms with Gasteiger partial charge in [0.05, 0.1) is 0 Å². The van der Waals surface area contributed by atoms with E-state index in [9.17, 15) is 14.4 Å². The molecule has 5 nitrogen and oxygen atoms in total. The molecule has 3 rings (SSSR count). The van der Waals surface area contributed by atoms with Gasteiger partial charge in [0.15, 0.2) is 0 Å². The molecule has 1 amide bonds. The summed E-state index contributed by atoms with van der Waals surface area (Å²) >= 11 is 0. The first kappa shape index (κ1) is 13.1. The minimum Gasteiger partial charge on any atom is -0.334 e. The van der Waals surface area contributed by atoms with Crippen molar-refractivity contribution in [3.63, 3.8) is 0 Å². The zero-order valence-corrected chi connectivity index (χ0v) is 11.3. The zero-order valence-electron chi connectivity index (χ0n) is 11.3. The number of carbonyl (C=O) groups excluding carboxylic acids is 2. The number of Topliss-reactive ketones (excluding diaryl/α,β-unsaturated/α-hetero) is 1. The van der Waals surface area contributed by atoms with Gasteiger partial charge in [-0.25, -0.2) is 0 Å². The van der Waals surface area contributed by atoms with Gasteiger partial charge in [-0.1, -0.05) is 6.07 Å². The van der Waals surface area contributed by atoms with Crippen molar-refractivity contribution in [3.8, 4) is 0 Å². The summed E-state index contributed by atoms with van der Waals surface area (Å²) in [5, 5.41) is 0. The monoisotopic (exact) mass is 274 g/mol. The summed E-state index contributed by atoms with van der Waals surface area (Å²) in [6, 6.07) is 4.60. The van der Waals surface area contributed by atoms with Crippen molar-refractivity contribution in [2.24, 2.45) is 5.92 Å². The topological polar surface area (TPSA) is 70.2 Å². The molecule has 2 heterocycles. The Labute approximate surface area is 117 Å². The maximum Gasteiger partial charge on any atom is 0.270 e. The van der Waals surface area contributed by atoms with Crippen LogP contribution in [0.5, 0.6) is 0 Å². The lowest BCUT2D eigenvalue weighted by atomic mass is 9.95. The number of H-pyrrole nitrogens is 1. The second kappa shape index (κ2) is 5.23. The van der Waals surface area contributed by atoms with Crippen LogP contribution in [0.2, 0.25) is 0 Å². The van der Waals surface area contributed by atoms with Crippen LogP contribution >= 0.6 is 0 Å². The number of aromatic nitrogens is 1. The Balaban J connectivity index is 1.83. The van der Waals surface area contributed by atoms with Gasteiger partial charge in [-0.15, -0.1) is 0 Å². The van der Waals surface area contributed by atoms with Crippen molar-refractivity contribution < 1.29 is 9.59 Å². The van der Waals surface area contributed by atoms with E-state index >= 15 is 0 Å². The van der Waals surface area contributed by atoms with Crippen LogP contribution in [-0.2, 0) is 4.79 Å². The number of nitrogens with zero attached hydrogens (tertiary/aromatic N) is 1. The van der Waals surface area contributed by atoms with E-state index in [1.54, 1.807) is 17.0 Å². The minimum atomic E-state index is -0.275.